The molecule has 34 heavy (non-hydrogen) atoms. The fourth-order valence-corrected chi connectivity index (χ4v) is 4.76. The summed E-state index contributed by atoms with van der Waals surface area (Å²) in [6, 6.07) is 13.7. The number of piperazine rings is 1. The average molecular weight is 479 g/mol. The van der Waals surface area contributed by atoms with E-state index in [1.54, 1.807) is 12.1 Å². The van der Waals surface area contributed by atoms with E-state index in [9.17, 15) is 9.18 Å². The van der Waals surface area contributed by atoms with Gasteiger partial charge < -0.3 is 9.80 Å². The van der Waals surface area contributed by atoms with Crippen LogP contribution >= 0.6 is 11.6 Å². The molecule has 2 heterocycles. The predicted octanol–water partition coefficient (Wildman–Crippen LogP) is 5.26. The summed E-state index contributed by atoms with van der Waals surface area (Å²) in [7, 11) is 0. The molecule has 0 N–H and O–H groups in total. The van der Waals surface area contributed by atoms with E-state index in [-0.39, 0.29) is 11.7 Å². The van der Waals surface area contributed by atoms with Gasteiger partial charge in [-0.3, -0.25) is 4.79 Å². The SMILES string of the molecule is CCc1nc(C2CC2)nc(N2CCN(C(=O)c3ccc(F)cc3)CC2)c1Cc1cccc(Cl)c1. The zero-order valence-electron chi connectivity index (χ0n) is 19.3. The van der Waals surface area contributed by atoms with Crippen molar-refractivity contribution >= 4 is 23.3 Å². The third kappa shape index (κ3) is 4.92. The number of carbonyl (C=O) groups is 1. The van der Waals surface area contributed by atoms with Crippen LogP contribution in [-0.4, -0.2) is 47.0 Å². The lowest BCUT2D eigenvalue weighted by Crippen LogP contribution is -2.49. The molecule has 2 aromatic carbocycles. The van der Waals surface area contributed by atoms with Gasteiger partial charge in [-0.05, 0) is 61.2 Å². The Kier molecular flexibility index (Phi) is 6.50. The highest BCUT2D eigenvalue weighted by Gasteiger charge is 2.31. The van der Waals surface area contributed by atoms with E-state index in [0.29, 0.717) is 37.7 Å². The maximum Gasteiger partial charge on any atom is 0.253 e. The third-order valence-corrected chi connectivity index (χ3v) is 6.83. The van der Waals surface area contributed by atoms with Crippen LogP contribution in [0.25, 0.3) is 0 Å². The van der Waals surface area contributed by atoms with Crippen molar-refractivity contribution in [3.63, 3.8) is 0 Å². The summed E-state index contributed by atoms with van der Waals surface area (Å²) in [6.45, 7) is 4.72. The lowest BCUT2D eigenvalue weighted by atomic mass is 10.0. The summed E-state index contributed by atoms with van der Waals surface area (Å²) in [4.78, 5) is 27.0. The van der Waals surface area contributed by atoms with Crippen molar-refractivity contribution < 1.29 is 9.18 Å². The number of nitrogens with zero attached hydrogens (tertiary/aromatic N) is 4. The van der Waals surface area contributed by atoms with E-state index in [0.717, 1.165) is 59.2 Å². The fraction of sp³-hybridized carbons (Fsp3) is 0.370. The van der Waals surface area contributed by atoms with Crippen LogP contribution in [0.1, 0.15) is 58.7 Å². The van der Waals surface area contributed by atoms with E-state index >= 15 is 0 Å². The molecule has 5 rings (SSSR count). The summed E-state index contributed by atoms with van der Waals surface area (Å²) >= 11 is 6.25. The van der Waals surface area contributed by atoms with Crippen LogP contribution in [0.4, 0.5) is 10.2 Å². The second-order valence-corrected chi connectivity index (χ2v) is 9.49. The molecule has 1 amide bonds. The Bertz CT molecular complexity index is 1190. The monoisotopic (exact) mass is 478 g/mol. The van der Waals surface area contributed by atoms with E-state index in [2.05, 4.69) is 17.9 Å². The van der Waals surface area contributed by atoms with Crippen molar-refractivity contribution in [1.82, 2.24) is 14.9 Å². The summed E-state index contributed by atoms with van der Waals surface area (Å²) in [6.07, 6.45) is 3.86. The van der Waals surface area contributed by atoms with Crippen molar-refractivity contribution in [3.8, 4) is 0 Å². The molecule has 7 heteroatoms. The van der Waals surface area contributed by atoms with Crippen LogP contribution in [0.5, 0.6) is 0 Å². The zero-order valence-corrected chi connectivity index (χ0v) is 20.1. The number of carbonyl (C=O) groups excluding carboxylic acids is 1. The number of aromatic nitrogens is 2. The highest BCUT2D eigenvalue weighted by atomic mass is 35.5. The van der Waals surface area contributed by atoms with E-state index < -0.39 is 0 Å². The minimum absolute atomic E-state index is 0.0607. The van der Waals surface area contributed by atoms with Crippen LogP contribution < -0.4 is 4.90 Å². The molecule has 1 aromatic heterocycles. The van der Waals surface area contributed by atoms with E-state index in [1.807, 2.05) is 23.1 Å². The lowest BCUT2D eigenvalue weighted by Gasteiger charge is -2.36. The van der Waals surface area contributed by atoms with Gasteiger partial charge in [-0.1, -0.05) is 30.7 Å². The standard InChI is InChI=1S/C27H28ClFN4O/c1-2-24-23(17-18-4-3-5-21(28)16-18)26(31-25(30-24)19-6-7-19)32-12-14-33(15-13-32)27(34)20-8-10-22(29)11-9-20/h3-5,8-11,16,19H,2,6-7,12-15,17H2,1H3. The molecule has 2 fully saturated rings. The summed E-state index contributed by atoms with van der Waals surface area (Å²) in [5.41, 5.74) is 3.89. The molecule has 1 saturated carbocycles. The van der Waals surface area contributed by atoms with Gasteiger partial charge in [-0.2, -0.15) is 0 Å². The van der Waals surface area contributed by atoms with Gasteiger partial charge in [0.1, 0.15) is 17.5 Å². The number of halogens is 2. The minimum Gasteiger partial charge on any atom is -0.353 e. The molecule has 3 aromatic rings. The molecule has 0 radical (unpaired) electrons. The first kappa shape index (κ1) is 22.8. The maximum absolute atomic E-state index is 13.3. The third-order valence-electron chi connectivity index (χ3n) is 6.59. The number of amides is 1. The largest absolute Gasteiger partial charge is 0.353 e. The summed E-state index contributed by atoms with van der Waals surface area (Å²) in [5, 5.41) is 0.723. The van der Waals surface area contributed by atoms with Crippen molar-refractivity contribution in [3.05, 3.63) is 87.6 Å². The molecule has 5 nitrogen and oxygen atoms in total. The molecule has 2 aliphatic rings. The number of rotatable bonds is 6. The van der Waals surface area contributed by atoms with Crippen LogP contribution in [0.2, 0.25) is 5.02 Å². The molecular formula is C27H28ClFN4O. The molecule has 0 unspecified atom stereocenters. The Balaban J connectivity index is 1.40. The van der Waals surface area contributed by atoms with Gasteiger partial charge in [-0.25, -0.2) is 14.4 Å². The summed E-state index contributed by atoms with van der Waals surface area (Å²) < 4.78 is 13.3. The molecule has 0 atom stereocenters. The minimum atomic E-state index is -0.337. The average Bonchev–Trinajstić information content (AvgIpc) is 3.70. The van der Waals surface area contributed by atoms with Crippen molar-refractivity contribution in [2.24, 2.45) is 0 Å². The predicted molar refractivity (Wildman–Crippen MR) is 132 cm³/mol. The number of hydrogen-bond acceptors (Lipinski definition) is 4. The highest BCUT2D eigenvalue weighted by Crippen LogP contribution is 2.40. The Morgan fingerprint density at radius 3 is 2.44 bits per heavy atom. The number of anilines is 1. The van der Waals surface area contributed by atoms with E-state index in [4.69, 9.17) is 21.6 Å². The Hall–Kier alpha value is -2.99. The van der Waals surface area contributed by atoms with Crippen LogP contribution in [-0.2, 0) is 12.8 Å². The van der Waals surface area contributed by atoms with Crippen molar-refractivity contribution in [1.29, 1.82) is 0 Å². The molecule has 1 aliphatic carbocycles. The first-order valence-electron chi connectivity index (χ1n) is 12.0. The maximum atomic E-state index is 13.3. The number of hydrogen-bond donors (Lipinski definition) is 0. The molecule has 0 bridgehead atoms. The quantitative estimate of drug-likeness (QED) is 0.484. The summed E-state index contributed by atoms with van der Waals surface area (Å²) in [5.74, 6) is 2.00. The number of aryl methyl sites for hydroxylation is 1. The zero-order chi connectivity index (χ0) is 23.7. The van der Waals surface area contributed by atoms with Crippen LogP contribution in [0.15, 0.2) is 48.5 Å². The molecule has 176 valence electrons. The molecule has 1 aliphatic heterocycles. The molecule has 0 spiro atoms. The normalized spacial score (nSPS) is 16.1. The van der Waals surface area contributed by atoms with Gasteiger partial charge in [0, 0.05) is 60.4 Å². The van der Waals surface area contributed by atoms with Crippen LogP contribution in [0, 0.1) is 5.82 Å². The van der Waals surface area contributed by atoms with Gasteiger partial charge in [-0.15, -0.1) is 0 Å². The second kappa shape index (κ2) is 9.71. The van der Waals surface area contributed by atoms with Crippen molar-refractivity contribution in [2.75, 3.05) is 31.1 Å². The van der Waals surface area contributed by atoms with Gasteiger partial charge in [0.15, 0.2) is 0 Å². The van der Waals surface area contributed by atoms with E-state index in [1.165, 1.54) is 12.1 Å². The van der Waals surface area contributed by atoms with Gasteiger partial charge in [0.05, 0.1) is 0 Å². The van der Waals surface area contributed by atoms with Gasteiger partial charge in [0.2, 0.25) is 0 Å². The Labute approximate surface area is 204 Å². The second-order valence-electron chi connectivity index (χ2n) is 9.05. The fourth-order valence-electron chi connectivity index (χ4n) is 4.54. The first-order valence-corrected chi connectivity index (χ1v) is 12.3. The van der Waals surface area contributed by atoms with Crippen molar-refractivity contribution in [2.45, 2.75) is 38.5 Å². The lowest BCUT2D eigenvalue weighted by molar-refractivity contribution is 0.0746. The Morgan fingerprint density at radius 2 is 1.79 bits per heavy atom. The Morgan fingerprint density at radius 1 is 1.06 bits per heavy atom. The molecular weight excluding hydrogens is 451 g/mol. The smallest absolute Gasteiger partial charge is 0.253 e. The topological polar surface area (TPSA) is 49.3 Å². The highest BCUT2D eigenvalue weighted by molar-refractivity contribution is 6.30. The van der Waals surface area contributed by atoms with Gasteiger partial charge >= 0.3 is 0 Å². The van der Waals surface area contributed by atoms with Gasteiger partial charge in [0.25, 0.3) is 5.91 Å². The number of benzene rings is 2. The van der Waals surface area contributed by atoms with Crippen LogP contribution in [0.3, 0.4) is 0 Å². The first-order chi connectivity index (χ1) is 16.5. The molecule has 1 saturated heterocycles.